The predicted molar refractivity (Wildman–Crippen MR) is 95.9 cm³/mol. The third-order valence-corrected chi connectivity index (χ3v) is 6.37. The second-order valence-electron chi connectivity index (χ2n) is 7.87. The fraction of sp³-hybridized carbons (Fsp3) is 0.650. The number of piperidine rings is 3. The molecule has 5 rings (SSSR count). The van der Waals surface area contributed by atoms with Crippen molar-refractivity contribution in [3.63, 3.8) is 0 Å². The van der Waals surface area contributed by atoms with Crippen LogP contribution in [0.15, 0.2) is 30.3 Å². The first kappa shape index (κ1) is 16.1. The molecule has 4 nitrogen and oxygen atoms in total. The number of rotatable bonds is 5. The highest BCUT2D eigenvalue weighted by atomic mass is 16.2. The van der Waals surface area contributed by atoms with Gasteiger partial charge in [-0.15, -0.1) is 0 Å². The predicted octanol–water partition coefficient (Wildman–Crippen LogP) is 1.91. The van der Waals surface area contributed by atoms with Crippen molar-refractivity contribution in [3.8, 4) is 0 Å². The Bertz CT molecular complexity index is 552. The Balaban J connectivity index is 1.25. The lowest BCUT2D eigenvalue weighted by atomic mass is 9.71. The topological polar surface area (TPSA) is 35.6 Å². The normalized spacial score (nSPS) is 32.8. The molecule has 1 aromatic carbocycles. The van der Waals surface area contributed by atoms with Gasteiger partial charge in [-0.25, -0.2) is 0 Å². The molecule has 0 aromatic heterocycles. The minimum absolute atomic E-state index is 0.0494. The molecule has 4 saturated heterocycles. The molecule has 0 aliphatic carbocycles. The number of benzene rings is 1. The van der Waals surface area contributed by atoms with Crippen LogP contribution in [0, 0.1) is 5.41 Å². The largest absolute Gasteiger partial charge is 0.352 e. The number of carbonyl (C=O) groups is 1. The molecule has 4 fully saturated rings. The summed E-state index contributed by atoms with van der Waals surface area (Å²) in [6.45, 7) is 6.56. The van der Waals surface area contributed by atoms with Crippen LogP contribution in [-0.4, -0.2) is 61.0 Å². The first-order chi connectivity index (χ1) is 11.7. The highest BCUT2D eigenvalue weighted by molar-refractivity contribution is 5.83. The number of amides is 1. The Kier molecular flexibility index (Phi) is 4.59. The SMILES string of the molecule is O=C(N[C@H]1CCN(CCc2ccccc2)C1)C12CCN(CC1)CC2. The van der Waals surface area contributed by atoms with Gasteiger partial charge in [0.2, 0.25) is 5.91 Å². The zero-order valence-corrected chi connectivity index (χ0v) is 14.5. The molecule has 4 heteroatoms. The molecule has 0 spiro atoms. The standard InChI is InChI=1S/C20H29N3O/c24-19(20-8-13-22(14-9-20)15-10-20)21-18-7-12-23(16-18)11-6-17-4-2-1-3-5-17/h1-5,18H,6-16H2,(H,21,24)/t18-/m0/s1. The summed E-state index contributed by atoms with van der Waals surface area (Å²) in [6.07, 6.45) is 5.37. The molecule has 0 radical (unpaired) electrons. The van der Waals surface area contributed by atoms with Crippen LogP contribution in [0.3, 0.4) is 0 Å². The molecule has 4 aliphatic heterocycles. The van der Waals surface area contributed by atoms with E-state index in [9.17, 15) is 4.79 Å². The van der Waals surface area contributed by atoms with E-state index in [2.05, 4.69) is 45.4 Å². The Morgan fingerprint density at radius 1 is 1.08 bits per heavy atom. The lowest BCUT2D eigenvalue weighted by molar-refractivity contribution is -0.138. The van der Waals surface area contributed by atoms with E-state index in [0.717, 1.165) is 71.4 Å². The highest BCUT2D eigenvalue weighted by Crippen LogP contribution is 2.40. The number of fused-ring (bicyclic) bond motifs is 3. The summed E-state index contributed by atoms with van der Waals surface area (Å²) in [6, 6.07) is 11.0. The first-order valence-electron chi connectivity index (χ1n) is 9.53. The Morgan fingerprint density at radius 3 is 2.50 bits per heavy atom. The lowest BCUT2D eigenvalue weighted by Gasteiger charge is -2.47. The third kappa shape index (κ3) is 3.35. The van der Waals surface area contributed by atoms with Gasteiger partial charge in [-0.3, -0.25) is 4.79 Å². The number of nitrogens with one attached hydrogen (secondary N) is 1. The molecular formula is C20H29N3O. The number of nitrogens with zero attached hydrogens (tertiary/aromatic N) is 2. The van der Waals surface area contributed by atoms with Crippen LogP contribution in [0.1, 0.15) is 31.2 Å². The third-order valence-electron chi connectivity index (χ3n) is 6.37. The van der Waals surface area contributed by atoms with E-state index in [1.54, 1.807) is 0 Å². The summed E-state index contributed by atoms with van der Waals surface area (Å²) in [4.78, 5) is 17.9. The van der Waals surface area contributed by atoms with Crippen molar-refractivity contribution in [1.29, 1.82) is 0 Å². The summed E-state index contributed by atoms with van der Waals surface area (Å²) < 4.78 is 0. The van der Waals surface area contributed by atoms with Gasteiger partial charge in [0.25, 0.3) is 0 Å². The van der Waals surface area contributed by atoms with Crippen LogP contribution in [0.25, 0.3) is 0 Å². The van der Waals surface area contributed by atoms with Crippen LogP contribution in [0.2, 0.25) is 0 Å². The fourth-order valence-corrected chi connectivity index (χ4v) is 4.59. The van der Waals surface area contributed by atoms with Crippen molar-refractivity contribution in [3.05, 3.63) is 35.9 Å². The van der Waals surface area contributed by atoms with Gasteiger partial charge >= 0.3 is 0 Å². The monoisotopic (exact) mass is 327 g/mol. The second kappa shape index (κ2) is 6.85. The van der Waals surface area contributed by atoms with Gasteiger partial charge in [0, 0.05) is 25.7 Å². The van der Waals surface area contributed by atoms with E-state index in [1.165, 1.54) is 5.56 Å². The van der Waals surface area contributed by atoms with Gasteiger partial charge in [-0.1, -0.05) is 30.3 Å². The average Bonchev–Trinajstić information content (AvgIpc) is 3.10. The van der Waals surface area contributed by atoms with Crippen LogP contribution in [0.4, 0.5) is 0 Å². The molecular weight excluding hydrogens is 298 g/mol. The van der Waals surface area contributed by atoms with E-state index in [1.807, 2.05) is 0 Å². The number of carbonyl (C=O) groups excluding carboxylic acids is 1. The summed E-state index contributed by atoms with van der Waals surface area (Å²) in [5.41, 5.74) is 1.35. The van der Waals surface area contributed by atoms with Crippen molar-refractivity contribution >= 4 is 5.91 Å². The first-order valence-corrected chi connectivity index (χ1v) is 9.53. The van der Waals surface area contributed by atoms with Crippen molar-refractivity contribution in [2.45, 2.75) is 38.1 Å². The van der Waals surface area contributed by atoms with Gasteiger partial charge in [-0.2, -0.15) is 0 Å². The Hall–Kier alpha value is -1.39. The molecule has 1 amide bonds. The highest BCUT2D eigenvalue weighted by Gasteiger charge is 2.45. The second-order valence-corrected chi connectivity index (χ2v) is 7.87. The zero-order chi connectivity index (χ0) is 16.4. The molecule has 0 saturated carbocycles. The van der Waals surface area contributed by atoms with Crippen LogP contribution >= 0.6 is 0 Å². The smallest absolute Gasteiger partial charge is 0.226 e. The lowest BCUT2D eigenvalue weighted by Crippen LogP contribution is -2.56. The average molecular weight is 327 g/mol. The maximum absolute atomic E-state index is 12.9. The van der Waals surface area contributed by atoms with E-state index < -0.39 is 0 Å². The van der Waals surface area contributed by atoms with Crippen LogP contribution in [0.5, 0.6) is 0 Å². The molecule has 4 heterocycles. The molecule has 24 heavy (non-hydrogen) atoms. The van der Waals surface area contributed by atoms with Crippen LogP contribution < -0.4 is 5.32 Å². The number of hydrogen-bond acceptors (Lipinski definition) is 3. The Labute approximate surface area is 145 Å². The minimum Gasteiger partial charge on any atom is -0.352 e. The summed E-state index contributed by atoms with van der Waals surface area (Å²) in [5, 5.41) is 3.39. The van der Waals surface area contributed by atoms with E-state index in [-0.39, 0.29) is 5.41 Å². The van der Waals surface area contributed by atoms with Gasteiger partial charge in [0.1, 0.15) is 0 Å². The van der Waals surface area contributed by atoms with Gasteiger partial charge in [-0.05, 0) is 57.3 Å². The molecule has 0 unspecified atom stereocenters. The van der Waals surface area contributed by atoms with Crippen molar-refractivity contribution in [1.82, 2.24) is 15.1 Å². The minimum atomic E-state index is -0.0494. The van der Waals surface area contributed by atoms with E-state index in [4.69, 9.17) is 0 Å². The fourth-order valence-electron chi connectivity index (χ4n) is 4.59. The molecule has 1 N–H and O–H groups in total. The van der Waals surface area contributed by atoms with E-state index in [0.29, 0.717) is 11.9 Å². The maximum atomic E-state index is 12.9. The van der Waals surface area contributed by atoms with Gasteiger partial charge in [0.15, 0.2) is 0 Å². The summed E-state index contributed by atoms with van der Waals surface area (Å²) in [7, 11) is 0. The maximum Gasteiger partial charge on any atom is 0.226 e. The number of hydrogen-bond donors (Lipinski definition) is 1. The van der Waals surface area contributed by atoms with Crippen molar-refractivity contribution in [2.24, 2.45) is 5.41 Å². The molecule has 1 aromatic rings. The number of likely N-dealkylation sites (tertiary alicyclic amines) is 1. The van der Waals surface area contributed by atoms with Crippen molar-refractivity contribution < 1.29 is 4.79 Å². The van der Waals surface area contributed by atoms with Crippen LogP contribution in [-0.2, 0) is 11.2 Å². The van der Waals surface area contributed by atoms with Crippen molar-refractivity contribution in [2.75, 3.05) is 39.3 Å². The van der Waals surface area contributed by atoms with Gasteiger partial charge < -0.3 is 15.1 Å². The van der Waals surface area contributed by atoms with Gasteiger partial charge in [0.05, 0.1) is 5.41 Å². The summed E-state index contributed by atoms with van der Waals surface area (Å²) >= 11 is 0. The van der Waals surface area contributed by atoms with E-state index >= 15 is 0 Å². The summed E-state index contributed by atoms with van der Waals surface area (Å²) in [5.74, 6) is 0.344. The molecule has 2 bridgehead atoms. The molecule has 130 valence electrons. The zero-order valence-electron chi connectivity index (χ0n) is 14.5. The quantitative estimate of drug-likeness (QED) is 0.897. The molecule has 4 aliphatic rings. The molecule has 1 atom stereocenters. The Morgan fingerprint density at radius 2 is 1.79 bits per heavy atom.